The maximum Gasteiger partial charge on any atom is 0.214 e. The molecular weight excluding hydrogens is 355 g/mol. The lowest BCUT2D eigenvalue weighted by Crippen LogP contribution is -2.60. The van der Waals surface area contributed by atoms with Gasteiger partial charge in [-0.05, 0) is 45.0 Å². The van der Waals surface area contributed by atoms with Crippen LogP contribution in [0.25, 0.3) is 0 Å². The molecule has 1 aromatic rings. The zero-order chi connectivity index (χ0) is 18.8. The van der Waals surface area contributed by atoms with E-state index in [2.05, 4.69) is 0 Å². The Morgan fingerprint density at radius 3 is 2.62 bits per heavy atom. The third-order valence-electron chi connectivity index (χ3n) is 5.47. The third-order valence-corrected chi connectivity index (χ3v) is 7.33. The molecule has 1 heterocycles. The molecule has 0 unspecified atom stereocenters. The maximum absolute atomic E-state index is 13.9. The Kier molecular flexibility index (Phi) is 6.01. The molecular formula is C19H29FN2O3S. The van der Waals surface area contributed by atoms with Crippen molar-refractivity contribution >= 4 is 10.0 Å². The number of nitrogens with zero attached hydrogens (tertiary/aromatic N) is 2. The Morgan fingerprint density at radius 1 is 1.27 bits per heavy atom. The summed E-state index contributed by atoms with van der Waals surface area (Å²) >= 11 is 0. The van der Waals surface area contributed by atoms with Crippen molar-refractivity contribution in [2.24, 2.45) is 0 Å². The maximum atomic E-state index is 13.9. The molecule has 26 heavy (non-hydrogen) atoms. The van der Waals surface area contributed by atoms with Gasteiger partial charge in [-0.25, -0.2) is 12.8 Å². The monoisotopic (exact) mass is 384 g/mol. The average Bonchev–Trinajstić information content (AvgIpc) is 3.04. The van der Waals surface area contributed by atoms with E-state index in [9.17, 15) is 12.8 Å². The van der Waals surface area contributed by atoms with Crippen molar-refractivity contribution in [3.63, 3.8) is 0 Å². The highest BCUT2D eigenvalue weighted by atomic mass is 32.2. The second-order valence-corrected chi connectivity index (χ2v) is 9.86. The molecule has 2 fully saturated rings. The van der Waals surface area contributed by atoms with Crippen LogP contribution in [0.15, 0.2) is 24.3 Å². The smallest absolute Gasteiger partial charge is 0.214 e. The molecule has 0 aromatic heterocycles. The van der Waals surface area contributed by atoms with E-state index in [1.54, 1.807) is 22.5 Å². The minimum Gasteiger partial charge on any atom is -0.372 e. The molecule has 3 rings (SSSR count). The molecule has 7 heteroatoms. The van der Waals surface area contributed by atoms with E-state index in [1.165, 1.54) is 6.07 Å². The summed E-state index contributed by atoms with van der Waals surface area (Å²) in [5, 5.41) is 0. The van der Waals surface area contributed by atoms with E-state index in [1.807, 2.05) is 19.0 Å². The highest BCUT2D eigenvalue weighted by Gasteiger charge is 2.46. The van der Waals surface area contributed by atoms with E-state index in [0.717, 1.165) is 25.7 Å². The van der Waals surface area contributed by atoms with Crippen molar-refractivity contribution in [3.05, 3.63) is 35.6 Å². The van der Waals surface area contributed by atoms with Crippen molar-refractivity contribution in [3.8, 4) is 0 Å². The number of likely N-dealkylation sites (N-methyl/N-ethyl adjacent to an activating group) is 1. The van der Waals surface area contributed by atoms with Crippen molar-refractivity contribution in [1.82, 2.24) is 9.21 Å². The number of rotatable bonds is 6. The van der Waals surface area contributed by atoms with E-state index in [4.69, 9.17) is 4.74 Å². The van der Waals surface area contributed by atoms with Crippen LogP contribution < -0.4 is 0 Å². The molecule has 2 aliphatic rings. The van der Waals surface area contributed by atoms with Gasteiger partial charge in [-0.3, -0.25) is 0 Å². The van der Waals surface area contributed by atoms with E-state index < -0.39 is 10.0 Å². The van der Waals surface area contributed by atoms with Crippen molar-refractivity contribution < 1.29 is 17.5 Å². The van der Waals surface area contributed by atoms with Crippen molar-refractivity contribution in [2.45, 2.75) is 43.7 Å². The fraction of sp³-hybridized carbons (Fsp3) is 0.684. The standard InChI is InChI=1S/C19H29FN2O3S/c1-21(2)13-17-14-25-19(10-5-6-11-19)15-22(17)26(23,24)12-9-16-7-3-4-8-18(16)20/h3-4,7-8,17H,5-6,9-15H2,1-2H3/t17-/m0/s1. The Hall–Kier alpha value is -1.02. The van der Waals surface area contributed by atoms with Crippen LogP contribution in [-0.4, -0.2) is 68.8 Å². The van der Waals surface area contributed by atoms with Gasteiger partial charge in [-0.15, -0.1) is 0 Å². The predicted molar refractivity (Wildman–Crippen MR) is 100 cm³/mol. The molecule has 1 aromatic carbocycles. The molecule has 0 amide bonds. The van der Waals surface area contributed by atoms with E-state index in [-0.39, 0.29) is 29.6 Å². The van der Waals surface area contributed by atoms with Crippen LogP contribution >= 0.6 is 0 Å². The largest absolute Gasteiger partial charge is 0.372 e. The van der Waals surface area contributed by atoms with Crippen LogP contribution in [0.4, 0.5) is 4.39 Å². The lowest BCUT2D eigenvalue weighted by Gasteiger charge is -2.45. The van der Waals surface area contributed by atoms with Gasteiger partial charge in [-0.2, -0.15) is 4.31 Å². The molecule has 0 bridgehead atoms. The van der Waals surface area contributed by atoms with Crippen LogP contribution in [0.1, 0.15) is 31.2 Å². The number of hydrogen-bond donors (Lipinski definition) is 0. The normalized spacial score (nSPS) is 23.8. The van der Waals surface area contributed by atoms with Crippen LogP contribution in [-0.2, 0) is 21.2 Å². The van der Waals surface area contributed by atoms with Crippen LogP contribution in [0.3, 0.4) is 0 Å². The Bertz CT molecular complexity index is 717. The van der Waals surface area contributed by atoms with Gasteiger partial charge in [-0.1, -0.05) is 31.0 Å². The number of halogens is 1. The lowest BCUT2D eigenvalue weighted by molar-refractivity contribution is -0.109. The van der Waals surface area contributed by atoms with Gasteiger partial charge < -0.3 is 9.64 Å². The Labute approximate surface area is 156 Å². The summed E-state index contributed by atoms with van der Waals surface area (Å²) in [6.45, 7) is 1.47. The number of sulfonamides is 1. The summed E-state index contributed by atoms with van der Waals surface area (Å²) in [4.78, 5) is 1.99. The molecule has 0 N–H and O–H groups in total. The van der Waals surface area contributed by atoms with Gasteiger partial charge in [0, 0.05) is 13.1 Å². The third kappa shape index (κ3) is 4.44. The van der Waals surface area contributed by atoms with Crippen LogP contribution in [0, 0.1) is 5.82 Å². The van der Waals surface area contributed by atoms with Crippen LogP contribution in [0.5, 0.6) is 0 Å². The minimum absolute atomic E-state index is 0.0755. The SMILES string of the molecule is CN(C)C[C@H]1COC2(CCCC2)CN1S(=O)(=O)CCc1ccccc1F. The molecule has 1 atom stereocenters. The van der Waals surface area contributed by atoms with Gasteiger partial charge in [0.2, 0.25) is 10.0 Å². The van der Waals surface area contributed by atoms with Crippen LogP contribution in [0.2, 0.25) is 0 Å². The zero-order valence-corrected chi connectivity index (χ0v) is 16.5. The Balaban J connectivity index is 1.77. The highest BCUT2D eigenvalue weighted by Crippen LogP contribution is 2.38. The zero-order valence-electron chi connectivity index (χ0n) is 15.7. The second-order valence-electron chi connectivity index (χ2n) is 7.82. The minimum atomic E-state index is -3.50. The molecule has 1 saturated heterocycles. The molecule has 5 nitrogen and oxygen atoms in total. The predicted octanol–water partition coefficient (Wildman–Crippen LogP) is 2.27. The summed E-state index contributed by atoms with van der Waals surface area (Å²) in [7, 11) is 0.373. The molecule has 0 radical (unpaired) electrons. The van der Waals surface area contributed by atoms with Gasteiger partial charge in [0.25, 0.3) is 0 Å². The van der Waals surface area contributed by atoms with Crippen molar-refractivity contribution in [2.75, 3.05) is 39.5 Å². The van der Waals surface area contributed by atoms with Gasteiger partial charge in [0.05, 0.1) is 24.0 Å². The first-order chi connectivity index (χ1) is 12.3. The fourth-order valence-corrected chi connectivity index (χ4v) is 5.81. The lowest BCUT2D eigenvalue weighted by atomic mass is 9.99. The first-order valence-corrected chi connectivity index (χ1v) is 10.9. The second kappa shape index (κ2) is 7.92. The first kappa shape index (κ1) is 19.7. The summed E-state index contributed by atoms with van der Waals surface area (Å²) in [5.41, 5.74) is 0.123. The van der Waals surface area contributed by atoms with Crippen molar-refractivity contribution in [1.29, 1.82) is 0 Å². The Morgan fingerprint density at radius 2 is 1.96 bits per heavy atom. The van der Waals surface area contributed by atoms with Gasteiger partial charge in [0.1, 0.15) is 5.82 Å². The number of benzene rings is 1. The molecule has 1 saturated carbocycles. The highest BCUT2D eigenvalue weighted by molar-refractivity contribution is 7.89. The number of morpholine rings is 1. The number of ether oxygens (including phenoxy) is 1. The molecule has 146 valence electrons. The molecule has 1 spiro atoms. The topological polar surface area (TPSA) is 49.9 Å². The average molecular weight is 385 g/mol. The van der Waals surface area contributed by atoms with E-state index >= 15 is 0 Å². The number of hydrogen-bond acceptors (Lipinski definition) is 4. The first-order valence-electron chi connectivity index (χ1n) is 9.33. The number of aryl methyl sites for hydroxylation is 1. The summed E-state index contributed by atoms with van der Waals surface area (Å²) in [6, 6.07) is 6.19. The van der Waals surface area contributed by atoms with E-state index in [0.29, 0.717) is 25.3 Å². The summed E-state index contributed by atoms with van der Waals surface area (Å²) in [6.07, 6.45) is 4.19. The summed E-state index contributed by atoms with van der Waals surface area (Å²) in [5.74, 6) is -0.421. The quantitative estimate of drug-likeness (QED) is 0.755. The molecule has 1 aliphatic heterocycles. The van der Waals surface area contributed by atoms with Gasteiger partial charge in [0.15, 0.2) is 0 Å². The fourth-order valence-electron chi connectivity index (χ4n) is 4.08. The molecule has 1 aliphatic carbocycles. The summed E-state index contributed by atoms with van der Waals surface area (Å²) < 4.78 is 47.9. The van der Waals surface area contributed by atoms with Gasteiger partial charge >= 0.3 is 0 Å².